The number of benzene rings is 1. The maximum Gasteiger partial charge on any atom is 0.243 e. The summed E-state index contributed by atoms with van der Waals surface area (Å²) in [7, 11) is 1.34. The van der Waals surface area contributed by atoms with Gasteiger partial charge in [0.25, 0.3) is 0 Å². The number of halogens is 3. The smallest absolute Gasteiger partial charge is 0.243 e. The molecular formula is C9H5Cl3N2O3S. The lowest BCUT2D eigenvalue weighted by molar-refractivity contribution is 0.390. The summed E-state index contributed by atoms with van der Waals surface area (Å²) in [6.45, 7) is 0. The average Bonchev–Trinajstić information content (AvgIpc) is 2.68. The predicted molar refractivity (Wildman–Crippen MR) is 68.2 cm³/mol. The molecule has 1 aromatic carbocycles. The van der Waals surface area contributed by atoms with E-state index in [0.29, 0.717) is 15.6 Å². The van der Waals surface area contributed by atoms with Crippen molar-refractivity contribution in [2.45, 2.75) is 5.75 Å². The van der Waals surface area contributed by atoms with Crippen LogP contribution in [0.3, 0.4) is 0 Å². The fraction of sp³-hybridized carbons (Fsp3) is 0.111. The third kappa shape index (κ3) is 3.35. The summed E-state index contributed by atoms with van der Waals surface area (Å²) in [4.78, 5) is 3.89. The van der Waals surface area contributed by atoms with E-state index < -0.39 is 14.8 Å². The summed E-state index contributed by atoms with van der Waals surface area (Å²) < 4.78 is 26.5. The zero-order chi connectivity index (χ0) is 13.3. The van der Waals surface area contributed by atoms with E-state index in [9.17, 15) is 8.42 Å². The average molecular weight is 328 g/mol. The Kier molecular flexibility index (Phi) is 3.82. The molecule has 0 aliphatic carbocycles. The van der Waals surface area contributed by atoms with Crippen LogP contribution in [0.25, 0.3) is 11.4 Å². The van der Waals surface area contributed by atoms with Crippen molar-refractivity contribution in [3.8, 4) is 11.4 Å². The lowest BCUT2D eigenvalue weighted by atomic mass is 10.2. The molecule has 0 saturated carbocycles. The van der Waals surface area contributed by atoms with Gasteiger partial charge >= 0.3 is 0 Å². The van der Waals surface area contributed by atoms with Crippen LogP contribution >= 0.6 is 33.9 Å². The van der Waals surface area contributed by atoms with Gasteiger partial charge in [0.15, 0.2) is 0 Å². The lowest BCUT2D eigenvalue weighted by Gasteiger charge is -1.97. The van der Waals surface area contributed by atoms with Crippen LogP contribution in [0.5, 0.6) is 0 Å². The Hall–Kier alpha value is -0.820. The molecule has 0 atom stereocenters. The molecule has 0 bridgehead atoms. The normalized spacial score (nSPS) is 11.7. The monoisotopic (exact) mass is 326 g/mol. The van der Waals surface area contributed by atoms with Gasteiger partial charge in [-0.3, -0.25) is 0 Å². The molecule has 1 aromatic heterocycles. The number of aromatic nitrogens is 2. The quantitative estimate of drug-likeness (QED) is 0.810. The first-order valence-electron chi connectivity index (χ1n) is 4.55. The summed E-state index contributed by atoms with van der Waals surface area (Å²) in [6.07, 6.45) is 0. The van der Waals surface area contributed by atoms with Crippen LogP contribution in [0.4, 0.5) is 0 Å². The Bertz CT molecular complexity index is 684. The largest absolute Gasteiger partial charge is 0.338 e. The second-order valence-electron chi connectivity index (χ2n) is 3.32. The first-order valence-corrected chi connectivity index (χ1v) is 7.79. The van der Waals surface area contributed by atoms with E-state index >= 15 is 0 Å². The molecule has 0 N–H and O–H groups in total. The third-order valence-corrected chi connectivity index (χ3v) is 3.60. The highest BCUT2D eigenvalue weighted by Gasteiger charge is 2.15. The van der Waals surface area contributed by atoms with Gasteiger partial charge in [0.1, 0.15) is 5.75 Å². The van der Waals surface area contributed by atoms with Crippen molar-refractivity contribution in [3.63, 3.8) is 0 Å². The minimum Gasteiger partial charge on any atom is -0.338 e. The standard InChI is InChI=1S/C9H5Cl3N2O3S/c10-6-2-1-5(3-7(6)11)9-13-8(17-14-9)4-18(12,15)16/h1-3H,4H2. The van der Waals surface area contributed by atoms with Gasteiger partial charge < -0.3 is 4.52 Å². The molecule has 9 heteroatoms. The fourth-order valence-electron chi connectivity index (χ4n) is 1.21. The first kappa shape index (κ1) is 13.6. The van der Waals surface area contributed by atoms with Crippen LogP contribution in [0.2, 0.25) is 10.0 Å². The van der Waals surface area contributed by atoms with Crippen molar-refractivity contribution in [1.29, 1.82) is 0 Å². The van der Waals surface area contributed by atoms with Gasteiger partial charge in [-0.15, -0.1) is 0 Å². The lowest BCUT2D eigenvalue weighted by Crippen LogP contribution is -1.94. The summed E-state index contributed by atoms with van der Waals surface area (Å²) >= 11 is 11.6. The molecule has 96 valence electrons. The maximum absolute atomic E-state index is 10.8. The molecule has 0 aliphatic rings. The Balaban J connectivity index is 2.32. The Morgan fingerprint density at radius 2 is 1.94 bits per heavy atom. The molecule has 0 radical (unpaired) electrons. The van der Waals surface area contributed by atoms with Crippen molar-refractivity contribution >= 4 is 42.9 Å². The number of hydrogen-bond acceptors (Lipinski definition) is 5. The molecule has 0 fully saturated rings. The van der Waals surface area contributed by atoms with Crippen LogP contribution < -0.4 is 0 Å². The minimum atomic E-state index is -3.73. The number of rotatable bonds is 3. The molecule has 1 heterocycles. The fourth-order valence-corrected chi connectivity index (χ4v) is 2.20. The SMILES string of the molecule is O=S(=O)(Cl)Cc1nc(-c2ccc(Cl)c(Cl)c2)no1. The van der Waals surface area contributed by atoms with E-state index in [1.54, 1.807) is 18.2 Å². The summed E-state index contributed by atoms with van der Waals surface area (Å²) in [5, 5.41) is 4.36. The summed E-state index contributed by atoms with van der Waals surface area (Å²) in [6, 6.07) is 4.76. The highest BCUT2D eigenvalue weighted by Crippen LogP contribution is 2.27. The molecule has 5 nitrogen and oxygen atoms in total. The van der Waals surface area contributed by atoms with Crippen molar-refractivity contribution in [2.24, 2.45) is 0 Å². The van der Waals surface area contributed by atoms with E-state index in [2.05, 4.69) is 10.1 Å². The van der Waals surface area contributed by atoms with Gasteiger partial charge in [-0.25, -0.2) is 8.42 Å². The second kappa shape index (κ2) is 5.05. The highest BCUT2D eigenvalue weighted by atomic mass is 35.7. The van der Waals surface area contributed by atoms with Crippen LogP contribution in [0, 0.1) is 0 Å². The van der Waals surface area contributed by atoms with E-state index in [1.165, 1.54) is 0 Å². The Morgan fingerprint density at radius 3 is 2.56 bits per heavy atom. The molecule has 0 spiro atoms. The number of hydrogen-bond donors (Lipinski definition) is 0. The van der Waals surface area contributed by atoms with Crippen LogP contribution in [0.1, 0.15) is 5.89 Å². The topological polar surface area (TPSA) is 73.1 Å². The molecule has 2 rings (SSSR count). The van der Waals surface area contributed by atoms with Gasteiger partial charge in [0, 0.05) is 16.2 Å². The zero-order valence-corrected chi connectivity index (χ0v) is 11.7. The van der Waals surface area contributed by atoms with E-state index in [4.69, 9.17) is 38.4 Å². The zero-order valence-electron chi connectivity index (χ0n) is 8.60. The van der Waals surface area contributed by atoms with Gasteiger partial charge in [-0.1, -0.05) is 28.4 Å². The number of nitrogens with zero attached hydrogens (tertiary/aromatic N) is 2. The molecular weight excluding hydrogens is 323 g/mol. The van der Waals surface area contributed by atoms with Gasteiger partial charge in [-0.05, 0) is 18.2 Å². The predicted octanol–water partition coefficient (Wildman–Crippen LogP) is 3.11. The molecule has 18 heavy (non-hydrogen) atoms. The minimum absolute atomic E-state index is 0.0916. The highest BCUT2D eigenvalue weighted by molar-refractivity contribution is 8.13. The van der Waals surface area contributed by atoms with Crippen molar-refractivity contribution in [1.82, 2.24) is 10.1 Å². The Labute approximate surface area is 117 Å². The van der Waals surface area contributed by atoms with E-state index in [1.807, 2.05) is 0 Å². The molecule has 0 unspecified atom stereocenters. The first-order chi connectivity index (χ1) is 8.35. The maximum atomic E-state index is 10.8. The van der Waals surface area contributed by atoms with Crippen molar-refractivity contribution < 1.29 is 12.9 Å². The molecule has 2 aromatic rings. The third-order valence-electron chi connectivity index (χ3n) is 1.94. The summed E-state index contributed by atoms with van der Waals surface area (Å²) in [5.74, 6) is -0.405. The van der Waals surface area contributed by atoms with Gasteiger partial charge in [0.2, 0.25) is 20.8 Å². The Morgan fingerprint density at radius 1 is 1.22 bits per heavy atom. The molecule has 0 saturated heterocycles. The van der Waals surface area contributed by atoms with Crippen molar-refractivity contribution in [3.05, 3.63) is 34.1 Å². The van der Waals surface area contributed by atoms with Crippen LogP contribution in [-0.2, 0) is 14.8 Å². The molecule has 0 amide bonds. The van der Waals surface area contributed by atoms with Gasteiger partial charge in [-0.2, -0.15) is 4.98 Å². The van der Waals surface area contributed by atoms with E-state index in [-0.39, 0.29) is 11.7 Å². The molecule has 0 aliphatic heterocycles. The van der Waals surface area contributed by atoms with Crippen molar-refractivity contribution in [2.75, 3.05) is 0 Å². The second-order valence-corrected chi connectivity index (χ2v) is 6.92. The van der Waals surface area contributed by atoms with Crippen LogP contribution in [-0.4, -0.2) is 18.6 Å². The van der Waals surface area contributed by atoms with Crippen LogP contribution in [0.15, 0.2) is 22.7 Å². The van der Waals surface area contributed by atoms with E-state index in [0.717, 1.165) is 0 Å². The van der Waals surface area contributed by atoms with Gasteiger partial charge in [0.05, 0.1) is 10.0 Å². The summed E-state index contributed by atoms with van der Waals surface area (Å²) in [5.41, 5.74) is 0.561.